The predicted molar refractivity (Wildman–Crippen MR) is 95.5 cm³/mol. The minimum Gasteiger partial charge on any atom is -0.368 e. The van der Waals surface area contributed by atoms with E-state index in [1.807, 2.05) is 30.0 Å². The maximum Gasteiger partial charge on any atom is 0.271 e. The average Bonchev–Trinajstić information content (AvgIpc) is 3.09. The van der Waals surface area contributed by atoms with Crippen LogP contribution < -0.4 is 10.2 Å². The van der Waals surface area contributed by atoms with E-state index in [0.717, 1.165) is 18.8 Å². The van der Waals surface area contributed by atoms with E-state index < -0.39 is 0 Å². The number of H-pyrrole nitrogens is 1. The van der Waals surface area contributed by atoms with Crippen LogP contribution in [0.25, 0.3) is 0 Å². The zero-order chi connectivity index (χ0) is 17.6. The van der Waals surface area contributed by atoms with Gasteiger partial charge in [-0.1, -0.05) is 18.2 Å². The summed E-state index contributed by atoms with van der Waals surface area (Å²) >= 11 is 0. The normalized spacial score (nSPS) is 14.4. The van der Waals surface area contributed by atoms with E-state index in [9.17, 15) is 9.59 Å². The number of nitrogens with zero attached hydrogens (tertiary/aromatic N) is 3. The molecule has 0 atom stereocenters. The second-order valence-corrected chi connectivity index (χ2v) is 6.15. The molecule has 2 N–H and O–H groups in total. The third-order valence-electron chi connectivity index (χ3n) is 4.32. The lowest BCUT2D eigenvalue weighted by Crippen LogP contribution is -2.49. The van der Waals surface area contributed by atoms with Gasteiger partial charge in [-0.2, -0.15) is 5.10 Å². The van der Waals surface area contributed by atoms with Gasteiger partial charge in [0.05, 0.1) is 0 Å². The number of hydrogen-bond donors (Lipinski definition) is 2. The van der Waals surface area contributed by atoms with E-state index in [0.29, 0.717) is 31.7 Å². The van der Waals surface area contributed by atoms with Crippen molar-refractivity contribution in [2.24, 2.45) is 0 Å². The fourth-order valence-electron chi connectivity index (χ4n) is 2.92. The molecule has 1 aliphatic heterocycles. The molecule has 0 bridgehead atoms. The van der Waals surface area contributed by atoms with Gasteiger partial charge in [-0.3, -0.25) is 14.7 Å². The van der Waals surface area contributed by atoms with Crippen LogP contribution in [0.1, 0.15) is 22.6 Å². The summed E-state index contributed by atoms with van der Waals surface area (Å²) in [5, 5.41) is 9.37. The molecule has 0 saturated carbocycles. The highest BCUT2D eigenvalue weighted by atomic mass is 16.2. The van der Waals surface area contributed by atoms with Crippen LogP contribution in [0.2, 0.25) is 0 Å². The number of benzene rings is 1. The topological polar surface area (TPSA) is 81.3 Å². The van der Waals surface area contributed by atoms with Gasteiger partial charge in [-0.15, -0.1) is 0 Å². The quantitative estimate of drug-likeness (QED) is 0.856. The molecule has 1 saturated heterocycles. The molecule has 1 aromatic carbocycles. The van der Waals surface area contributed by atoms with Crippen molar-refractivity contribution in [1.29, 1.82) is 0 Å². The van der Waals surface area contributed by atoms with Gasteiger partial charge in [0.2, 0.25) is 5.91 Å². The molecule has 0 spiro atoms. The first kappa shape index (κ1) is 17.0. The summed E-state index contributed by atoms with van der Waals surface area (Å²) in [4.78, 5) is 28.3. The van der Waals surface area contributed by atoms with Crippen LogP contribution in [-0.2, 0) is 4.79 Å². The molecule has 1 fully saturated rings. The summed E-state index contributed by atoms with van der Waals surface area (Å²) in [5.41, 5.74) is 2.37. The number of para-hydroxylation sites is 1. The lowest BCUT2D eigenvalue weighted by atomic mass is 10.2. The summed E-state index contributed by atoms with van der Waals surface area (Å²) < 4.78 is 0. The number of aromatic amines is 1. The smallest absolute Gasteiger partial charge is 0.271 e. The zero-order valence-corrected chi connectivity index (χ0v) is 14.4. The number of amides is 2. The predicted octanol–water partition coefficient (Wildman–Crippen LogP) is 1.19. The van der Waals surface area contributed by atoms with Crippen LogP contribution in [0.3, 0.4) is 0 Å². The Morgan fingerprint density at radius 1 is 1.16 bits per heavy atom. The number of hydrogen-bond acceptors (Lipinski definition) is 4. The lowest BCUT2D eigenvalue weighted by molar-refractivity contribution is -0.131. The molecule has 1 aliphatic rings. The number of aromatic nitrogens is 2. The van der Waals surface area contributed by atoms with E-state index in [1.165, 1.54) is 5.69 Å². The van der Waals surface area contributed by atoms with Gasteiger partial charge in [-0.25, -0.2) is 0 Å². The number of aryl methyl sites for hydroxylation is 1. The molecular weight excluding hydrogens is 318 g/mol. The van der Waals surface area contributed by atoms with Crippen LogP contribution in [0.5, 0.6) is 0 Å². The Hall–Kier alpha value is -2.83. The molecule has 0 aliphatic carbocycles. The van der Waals surface area contributed by atoms with Crippen molar-refractivity contribution < 1.29 is 9.59 Å². The summed E-state index contributed by atoms with van der Waals surface area (Å²) in [7, 11) is 0. The minimum atomic E-state index is -0.258. The third kappa shape index (κ3) is 4.37. The standard InChI is InChI=1S/C18H23N5O2/c1-14-13-16(21-20-14)18(25)19-8-7-17(24)23-11-9-22(10-12-23)15-5-3-2-4-6-15/h2-6,13H,7-12H2,1H3,(H,19,25)(H,20,21). The Bertz CT molecular complexity index is 720. The molecule has 0 radical (unpaired) electrons. The van der Waals surface area contributed by atoms with Gasteiger partial charge < -0.3 is 15.1 Å². The third-order valence-corrected chi connectivity index (χ3v) is 4.32. The molecule has 2 heterocycles. The highest BCUT2D eigenvalue weighted by molar-refractivity contribution is 5.92. The molecule has 1 aromatic heterocycles. The maximum absolute atomic E-state index is 12.3. The fourth-order valence-corrected chi connectivity index (χ4v) is 2.92. The molecule has 3 rings (SSSR count). The Morgan fingerprint density at radius 3 is 2.52 bits per heavy atom. The van der Waals surface area contributed by atoms with Crippen LogP contribution >= 0.6 is 0 Å². The Morgan fingerprint density at radius 2 is 1.88 bits per heavy atom. The van der Waals surface area contributed by atoms with Gasteiger partial charge in [0, 0.05) is 50.5 Å². The molecule has 7 heteroatoms. The molecule has 0 unspecified atom stereocenters. The van der Waals surface area contributed by atoms with E-state index in [-0.39, 0.29) is 11.8 Å². The molecule has 132 valence electrons. The Labute approximate surface area is 147 Å². The van der Waals surface area contributed by atoms with Crippen LogP contribution in [0.4, 0.5) is 5.69 Å². The molecule has 2 aromatic rings. The van der Waals surface area contributed by atoms with E-state index in [2.05, 4.69) is 32.5 Å². The fraction of sp³-hybridized carbons (Fsp3) is 0.389. The number of carbonyl (C=O) groups excluding carboxylic acids is 2. The molecule has 7 nitrogen and oxygen atoms in total. The van der Waals surface area contributed by atoms with Gasteiger partial charge >= 0.3 is 0 Å². The second kappa shape index (κ2) is 7.83. The highest BCUT2D eigenvalue weighted by Gasteiger charge is 2.21. The van der Waals surface area contributed by atoms with Gasteiger partial charge in [0.1, 0.15) is 5.69 Å². The van der Waals surface area contributed by atoms with Gasteiger partial charge in [0.15, 0.2) is 0 Å². The monoisotopic (exact) mass is 341 g/mol. The first-order valence-corrected chi connectivity index (χ1v) is 8.51. The zero-order valence-electron chi connectivity index (χ0n) is 14.4. The van der Waals surface area contributed by atoms with E-state index >= 15 is 0 Å². The maximum atomic E-state index is 12.3. The van der Waals surface area contributed by atoms with Gasteiger partial charge in [-0.05, 0) is 25.1 Å². The number of carbonyl (C=O) groups is 2. The van der Waals surface area contributed by atoms with Crippen molar-refractivity contribution in [3.8, 4) is 0 Å². The van der Waals surface area contributed by atoms with E-state index in [1.54, 1.807) is 6.07 Å². The average molecular weight is 341 g/mol. The summed E-state index contributed by atoms with van der Waals surface area (Å²) in [6.07, 6.45) is 0.306. The summed E-state index contributed by atoms with van der Waals surface area (Å²) in [6.45, 7) is 5.23. The van der Waals surface area contributed by atoms with Crippen LogP contribution in [0, 0.1) is 6.92 Å². The largest absolute Gasteiger partial charge is 0.368 e. The SMILES string of the molecule is Cc1cc(C(=O)NCCC(=O)N2CCN(c3ccccc3)CC2)n[nH]1. The Balaban J connectivity index is 1.40. The number of rotatable bonds is 5. The highest BCUT2D eigenvalue weighted by Crippen LogP contribution is 2.15. The van der Waals surface area contributed by atoms with Crippen molar-refractivity contribution in [3.05, 3.63) is 47.8 Å². The lowest BCUT2D eigenvalue weighted by Gasteiger charge is -2.36. The van der Waals surface area contributed by atoms with E-state index in [4.69, 9.17) is 0 Å². The second-order valence-electron chi connectivity index (χ2n) is 6.15. The number of piperazine rings is 1. The number of anilines is 1. The minimum absolute atomic E-state index is 0.0752. The van der Waals surface area contributed by atoms with Crippen LogP contribution in [0.15, 0.2) is 36.4 Å². The van der Waals surface area contributed by atoms with Crippen molar-refractivity contribution >= 4 is 17.5 Å². The Kier molecular flexibility index (Phi) is 5.33. The number of nitrogens with one attached hydrogen (secondary N) is 2. The van der Waals surface area contributed by atoms with Crippen molar-refractivity contribution in [2.75, 3.05) is 37.6 Å². The van der Waals surface area contributed by atoms with Crippen molar-refractivity contribution in [3.63, 3.8) is 0 Å². The van der Waals surface area contributed by atoms with Gasteiger partial charge in [0.25, 0.3) is 5.91 Å². The van der Waals surface area contributed by atoms with Crippen molar-refractivity contribution in [2.45, 2.75) is 13.3 Å². The summed E-state index contributed by atoms with van der Waals surface area (Å²) in [6, 6.07) is 11.9. The first-order valence-electron chi connectivity index (χ1n) is 8.51. The summed E-state index contributed by atoms with van der Waals surface area (Å²) in [5.74, 6) is -0.183. The van der Waals surface area contributed by atoms with Crippen LogP contribution in [-0.4, -0.2) is 59.6 Å². The molecule has 25 heavy (non-hydrogen) atoms. The molecule has 2 amide bonds. The molecular formula is C18H23N5O2. The first-order chi connectivity index (χ1) is 12.1. The van der Waals surface area contributed by atoms with Crippen molar-refractivity contribution in [1.82, 2.24) is 20.4 Å².